The van der Waals surface area contributed by atoms with E-state index in [9.17, 15) is 0 Å². The highest BCUT2D eigenvalue weighted by molar-refractivity contribution is 4.75. The van der Waals surface area contributed by atoms with Crippen LogP contribution in [0, 0.1) is 11.8 Å². The Morgan fingerprint density at radius 1 is 1.50 bits per heavy atom. The predicted octanol–water partition coefficient (Wildman–Crippen LogP) is 1.66. The number of piperidine rings is 1. The van der Waals surface area contributed by atoms with Crippen molar-refractivity contribution in [2.75, 3.05) is 19.7 Å². The highest BCUT2D eigenvalue weighted by Gasteiger charge is 2.21. The zero-order valence-corrected chi connectivity index (χ0v) is 8.47. The van der Waals surface area contributed by atoms with E-state index in [1.807, 2.05) is 0 Å². The number of ether oxygens (including phenoxy) is 1. The molecule has 1 fully saturated rings. The first-order valence-corrected chi connectivity index (χ1v) is 5.02. The lowest BCUT2D eigenvalue weighted by Gasteiger charge is -2.30. The maximum atomic E-state index is 5.79. The molecule has 0 aromatic heterocycles. The lowest BCUT2D eigenvalue weighted by atomic mass is 9.97. The minimum atomic E-state index is 0.446. The first kappa shape index (κ1) is 10.0. The lowest BCUT2D eigenvalue weighted by Crippen LogP contribution is -2.41. The highest BCUT2D eigenvalue weighted by atomic mass is 16.5. The molecule has 1 N–H and O–H groups in total. The summed E-state index contributed by atoms with van der Waals surface area (Å²) in [7, 11) is 0. The van der Waals surface area contributed by atoms with Crippen molar-refractivity contribution in [1.82, 2.24) is 5.32 Å². The van der Waals surface area contributed by atoms with Crippen molar-refractivity contribution < 1.29 is 4.74 Å². The van der Waals surface area contributed by atoms with Crippen LogP contribution in [0.1, 0.15) is 27.2 Å². The molecule has 0 saturated carbocycles. The minimum Gasteiger partial charge on any atom is -0.376 e. The van der Waals surface area contributed by atoms with E-state index in [-0.39, 0.29) is 0 Å². The van der Waals surface area contributed by atoms with Gasteiger partial charge in [-0.15, -0.1) is 0 Å². The molecule has 72 valence electrons. The maximum absolute atomic E-state index is 5.79. The molecule has 1 saturated heterocycles. The Morgan fingerprint density at radius 3 is 2.83 bits per heavy atom. The largest absolute Gasteiger partial charge is 0.376 e. The summed E-state index contributed by atoms with van der Waals surface area (Å²) in [5.74, 6) is 1.38. The van der Waals surface area contributed by atoms with Crippen molar-refractivity contribution in [3.05, 3.63) is 0 Å². The van der Waals surface area contributed by atoms with Crippen molar-refractivity contribution in [2.24, 2.45) is 11.8 Å². The molecule has 2 unspecified atom stereocenters. The summed E-state index contributed by atoms with van der Waals surface area (Å²) in [5, 5.41) is 3.36. The Labute approximate surface area is 75.7 Å². The van der Waals surface area contributed by atoms with Crippen molar-refractivity contribution in [3.8, 4) is 0 Å². The molecule has 0 aromatic carbocycles. The monoisotopic (exact) mass is 171 g/mol. The van der Waals surface area contributed by atoms with E-state index < -0.39 is 0 Å². The molecule has 0 aromatic rings. The average Bonchev–Trinajstić information content (AvgIpc) is 2.03. The predicted molar refractivity (Wildman–Crippen MR) is 51.2 cm³/mol. The molecule has 0 spiro atoms. The van der Waals surface area contributed by atoms with Gasteiger partial charge >= 0.3 is 0 Å². The van der Waals surface area contributed by atoms with Crippen LogP contribution in [0.4, 0.5) is 0 Å². The third kappa shape index (κ3) is 3.11. The second-order valence-electron chi connectivity index (χ2n) is 4.24. The van der Waals surface area contributed by atoms with E-state index in [1.54, 1.807) is 0 Å². The van der Waals surface area contributed by atoms with Crippen molar-refractivity contribution in [3.63, 3.8) is 0 Å². The quantitative estimate of drug-likeness (QED) is 0.697. The number of hydrogen-bond acceptors (Lipinski definition) is 2. The third-order valence-electron chi connectivity index (χ3n) is 2.40. The molecule has 1 aliphatic rings. The van der Waals surface area contributed by atoms with Crippen molar-refractivity contribution in [2.45, 2.75) is 33.3 Å². The molecule has 2 atom stereocenters. The molecule has 0 aliphatic carbocycles. The SMILES string of the molecule is CC(C)COC1CNCCC1C. The molecular weight excluding hydrogens is 150 g/mol. The van der Waals surface area contributed by atoms with Crippen LogP contribution in [0.2, 0.25) is 0 Å². The first-order chi connectivity index (χ1) is 5.70. The fourth-order valence-corrected chi connectivity index (χ4v) is 1.50. The summed E-state index contributed by atoms with van der Waals surface area (Å²) < 4.78 is 5.79. The maximum Gasteiger partial charge on any atom is 0.0725 e. The van der Waals surface area contributed by atoms with Crippen LogP contribution in [-0.2, 0) is 4.74 Å². The van der Waals surface area contributed by atoms with Gasteiger partial charge in [-0.1, -0.05) is 20.8 Å². The number of rotatable bonds is 3. The minimum absolute atomic E-state index is 0.446. The number of hydrogen-bond donors (Lipinski definition) is 1. The van der Waals surface area contributed by atoms with Crippen molar-refractivity contribution >= 4 is 0 Å². The number of nitrogens with one attached hydrogen (secondary N) is 1. The van der Waals surface area contributed by atoms with Gasteiger partial charge in [-0.2, -0.15) is 0 Å². The zero-order valence-electron chi connectivity index (χ0n) is 8.47. The third-order valence-corrected chi connectivity index (χ3v) is 2.40. The Balaban J connectivity index is 2.20. The highest BCUT2D eigenvalue weighted by Crippen LogP contribution is 2.15. The molecule has 0 amide bonds. The van der Waals surface area contributed by atoms with Gasteiger partial charge in [0.05, 0.1) is 6.10 Å². The van der Waals surface area contributed by atoms with Crippen LogP contribution in [0.5, 0.6) is 0 Å². The van der Waals surface area contributed by atoms with Gasteiger partial charge in [-0.3, -0.25) is 0 Å². The molecule has 2 heteroatoms. The summed E-state index contributed by atoms with van der Waals surface area (Å²) in [6.45, 7) is 9.76. The fraction of sp³-hybridized carbons (Fsp3) is 1.00. The molecule has 1 heterocycles. The topological polar surface area (TPSA) is 21.3 Å². The first-order valence-electron chi connectivity index (χ1n) is 5.02. The Morgan fingerprint density at radius 2 is 2.25 bits per heavy atom. The van der Waals surface area contributed by atoms with Gasteiger partial charge in [-0.25, -0.2) is 0 Å². The van der Waals surface area contributed by atoms with Crippen LogP contribution < -0.4 is 5.32 Å². The Kier molecular flexibility index (Phi) is 4.02. The lowest BCUT2D eigenvalue weighted by molar-refractivity contribution is -0.00852. The van der Waals surface area contributed by atoms with Gasteiger partial charge in [0.1, 0.15) is 0 Å². The second-order valence-corrected chi connectivity index (χ2v) is 4.24. The van der Waals surface area contributed by atoms with E-state index in [0.717, 1.165) is 25.6 Å². The van der Waals surface area contributed by atoms with Gasteiger partial charge in [0, 0.05) is 13.2 Å². The fourth-order valence-electron chi connectivity index (χ4n) is 1.50. The van der Waals surface area contributed by atoms with Gasteiger partial charge in [-0.05, 0) is 24.8 Å². The summed E-state index contributed by atoms with van der Waals surface area (Å²) >= 11 is 0. The van der Waals surface area contributed by atoms with E-state index in [2.05, 4.69) is 26.1 Å². The Bertz CT molecular complexity index is 125. The summed E-state index contributed by atoms with van der Waals surface area (Å²) in [6.07, 6.45) is 1.70. The van der Waals surface area contributed by atoms with Crippen LogP contribution in [0.15, 0.2) is 0 Å². The van der Waals surface area contributed by atoms with E-state index in [1.165, 1.54) is 6.42 Å². The van der Waals surface area contributed by atoms with Crippen LogP contribution in [0.25, 0.3) is 0 Å². The van der Waals surface area contributed by atoms with Gasteiger partial charge in [0.2, 0.25) is 0 Å². The van der Waals surface area contributed by atoms with E-state index in [4.69, 9.17) is 4.74 Å². The molecule has 1 aliphatic heterocycles. The van der Waals surface area contributed by atoms with Crippen LogP contribution in [0.3, 0.4) is 0 Å². The zero-order chi connectivity index (χ0) is 8.97. The molecular formula is C10H21NO. The molecule has 1 rings (SSSR count). The Hall–Kier alpha value is -0.0800. The normalized spacial score (nSPS) is 31.0. The van der Waals surface area contributed by atoms with Crippen molar-refractivity contribution in [1.29, 1.82) is 0 Å². The van der Waals surface area contributed by atoms with Crippen LogP contribution in [-0.4, -0.2) is 25.8 Å². The van der Waals surface area contributed by atoms with Gasteiger partial charge in [0.25, 0.3) is 0 Å². The smallest absolute Gasteiger partial charge is 0.0725 e. The van der Waals surface area contributed by atoms with E-state index >= 15 is 0 Å². The summed E-state index contributed by atoms with van der Waals surface area (Å²) in [4.78, 5) is 0. The van der Waals surface area contributed by atoms with Gasteiger partial charge < -0.3 is 10.1 Å². The molecule has 2 nitrogen and oxygen atoms in total. The van der Waals surface area contributed by atoms with E-state index in [0.29, 0.717) is 12.0 Å². The average molecular weight is 171 g/mol. The molecule has 0 bridgehead atoms. The molecule has 12 heavy (non-hydrogen) atoms. The second kappa shape index (κ2) is 4.83. The van der Waals surface area contributed by atoms with Crippen LogP contribution >= 0.6 is 0 Å². The summed E-state index contributed by atoms with van der Waals surface area (Å²) in [6, 6.07) is 0. The molecule has 0 radical (unpaired) electrons. The van der Waals surface area contributed by atoms with Gasteiger partial charge in [0.15, 0.2) is 0 Å². The summed E-state index contributed by atoms with van der Waals surface area (Å²) in [5.41, 5.74) is 0. The standard InChI is InChI=1S/C10H21NO/c1-8(2)7-12-10-6-11-5-4-9(10)3/h8-11H,4-7H2,1-3H3.